The molecule has 1 aromatic rings. The van der Waals surface area contributed by atoms with Crippen LogP contribution in [0.25, 0.3) is 0 Å². The lowest BCUT2D eigenvalue weighted by molar-refractivity contribution is 0.884. The van der Waals surface area contributed by atoms with Crippen LogP contribution in [0.3, 0.4) is 0 Å². The molecular weight excluding hydrogens is 206 g/mol. The van der Waals surface area contributed by atoms with Crippen molar-refractivity contribution in [3.63, 3.8) is 0 Å². The summed E-state index contributed by atoms with van der Waals surface area (Å²) in [6, 6.07) is 0. The van der Waals surface area contributed by atoms with Gasteiger partial charge in [-0.15, -0.1) is 10.2 Å². The maximum absolute atomic E-state index is 4.25. The summed E-state index contributed by atoms with van der Waals surface area (Å²) in [5, 5.41) is 14.6. The van der Waals surface area contributed by atoms with E-state index in [0.29, 0.717) is 0 Å². The summed E-state index contributed by atoms with van der Waals surface area (Å²) in [5.41, 5.74) is 0. The SMILES string of the molecule is C[Si](C)(C)c1cnnnc1[Si](C)(C)C. The fraction of sp³-hybridized carbons (Fsp3) is 0.667. The van der Waals surface area contributed by atoms with Crippen LogP contribution >= 0.6 is 0 Å². The molecule has 0 aliphatic carbocycles. The number of hydrogen-bond donors (Lipinski definition) is 0. The van der Waals surface area contributed by atoms with Gasteiger partial charge in [-0.3, -0.25) is 0 Å². The molecule has 0 saturated heterocycles. The zero-order valence-corrected chi connectivity index (χ0v) is 11.9. The minimum Gasteiger partial charge on any atom is -0.140 e. The van der Waals surface area contributed by atoms with Crippen molar-refractivity contribution in [3.8, 4) is 0 Å². The summed E-state index contributed by atoms with van der Waals surface area (Å²) >= 11 is 0. The first kappa shape index (κ1) is 11.5. The Bertz CT molecular complexity index is 293. The van der Waals surface area contributed by atoms with Crippen LogP contribution in [-0.4, -0.2) is 31.6 Å². The highest BCUT2D eigenvalue weighted by Crippen LogP contribution is 2.03. The average Bonchev–Trinajstić information content (AvgIpc) is 2.01. The Labute approximate surface area is 88.0 Å². The van der Waals surface area contributed by atoms with Crippen molar-refractivity contribution in [2.75, 3.05) is 0 Å². The van der Waals surface area contributed by atoms with Crippen molar-refractivity contribution in [1.82, 2.24) is 15.4 Å². The van der Waals surface area contributed by atoms with E-state index in [1.54, 1.807) is 0 Å². The Morgan fingerprint density at radius 2 is 1.50 bits per heavy atom. The Kier molecular flexibility index (Phi) is 2.92. The third-order valence-electron chi connectivity index (χ3n) is 2.16. The quantitative estimate of drug-likeness (QED) is 0.704. The second-order valence-electron chi connectivity index (χ2n) is 5.70. The lowest BCUT2D eigenvalue weighted by Gasteiger charge is -2.24. The Balaban J connectivity index is 3.31. The van der Waals surface area contributed by atoms with Gasteiger partial charge in [0.05, 0.1) is 14.3 Å². The summed E-state index contributed by atoms with van der Waals surface area (Å²) in [4.78, 5) is 0. The molecule has 0 atom stereocenters. The van der Waals surface area contributed by atoms with E-state index in [-0.39, 0.29) is 0 Å². The summed E-state index contributed by atoms with van der Waals surface area (Å²) in [7, 11) is -2.68. The minimum absolute atomic E-state index is 1.24. The Morgan fingerprint density at radius 3 is 1.86 bits per heavy atom. The molecule has 78 valence electrons. The van der Waals surface area contributed by atoms with Gasteiger partial charge in [-0.05, 0) is 10.4 Å². The second kappa shape index (κ2) is 3.54. The van der Waals surface area contributed by atoms with Crippen LogP contribution in [0.15, 0.2) is 6.20 Å². The van der Waals surface area contributed by atoms with Gasteiger partial charge in [-0.1, -0.05) is 39.3 Å². The molecule has 1 aromatic heterocycles. The van der Waals surface area contributed by atoms with Gasteiger partial charge in [-0.25, -0.2) is 0 Å². The van der Waals surface area contributed by atoms with Crippen LogP contribution < -0.4 is 10.5 Å². The van der Waals surface area contributed by atoms with E-state index in [9.17, 15) is 0 Å². The van der Waals surface area contributed by atoms with Crippen LogP contribution in [0, 0.1) is 0 Å². The molecule has 1 heterocycles. The first-order valence-electron chi connectivity index (χ1n) is 4.92. The highest BCUT2D eigenvalue weighted by atomic mass is 28.3. The third kappa shape index (κ3) is 2.48. The maximum atomic E-state index is 4.25. The van der Waals surface area contributed by atoms with Gasteiger partial charge < -0.3 is 0 Å². The highest BCUT2D eigenvalue weighted by molar-refractivity contribution is 6.97. The molecule has 0 fully saturated rings. The van der Waals surface area contributed by atoms with Crippen LogP contribution in [0.2, 0.25) is 39.3 Å². The maximum Gasteiger partial charge on any atom is 0.104 e. The van der Waals surface area contributed by atoms with Gasteiger partial charge in [0.15, 0.2) is 0 Å². The molecule has 3 nitrogen and oxygen atoms in total. The van der Waals surface area contributed by atoms with E-state index in [0.717, 1.165) is 0 Å². The van der Waals surface area contributed by atoms with Gasteiger partial charge in [-0.2, -0.15) is 0 Å². The second-order valence-corrected chi connectivity index (χ2v) is 15.7. The lowest BCUT2D eigenvalue weighted by atomic mass is 10.7. The number of hydrogen-bond acceptors (Lipinski definition) is 3. The molecule has 14 heavy (non-hydrogen) atoms. The molecule has 0 bridgehead atoms. The summed E-state index contributed by atoms with van der Waals surface area (Å²) in [6.07, 6.45) is 1.92. The molecule has 0 unspecified atom stereocenters. The molecule has 0 aliphatic heterocycles. The van der Waals surface area contributed by atoms with Crippen LogP contribution in [0.5, 0.6) is 0 Å². The van der Waals surface area contributed by atoms with E-state index in [1.807, 2.05) is 6.20 Å². The molecule has 0 aliphatic rings. The van der Waals surface area contributed by atoms with Crippen molar-refractivity contribution >= 4 is 26.7 Å². The first-order valence-corrected chi connectivity index (χ1v) is 11.9. The molecule has 5 heteroatoms. The lowest BCUT2D eigenvalue weighted by Crippen LogP contribution is -2.58. The largest absolute Gasteiger partial charge is 0.140 e. The molecule has 0 aromatic carbocycles. The fourth-order valence-electron chi connectivity index (χ4n) is 1.37. The number of aromatic nitrogens is 3. The van der Waals surface area contributed by atoms with E-state index >= 15 is 0 Å². The minimum atomic E-state index is -1.37. The van der Waals surface area contributed by atoms with Crippen LogP contribution in [-0.2, 0) is 0 Å². The van der Waals surface area contributed by atoms with E-state index in [1.165, 1.54) is 10.5 Å². The van der Waals surface area contributed by atoms with E-state index < -0.39 is 16.1 Å². The van der Waals surface area contributed by atoms with Gasteiger partial charge in [0, 0.05) is 5.32 Å². The van der Waals surface area contributed by atoms with Crippen LogP contribution in [0.1, 0.15) is 0 Å². The highest BCUT2D eigenvalue weighted by Gasteiger charge is 2.29. The first-order chi connectivity index (χ1) is 6.23. The predicted molar refractivity (Wildman–Crippen MR) is 65.8 cm³/mol. The molecule has 0 saturated carbocycles. The van der Waals surface area contributed by atoms with Crippen molar-refractivity contribution < 1.29 is 0 Å². The van der Waals surface area contributed by atoms with Crippen molar-refractivity contribution in [2.24, 2.45) is 0 Å². The Hall–Kier alpha value is -0.556. The topological polar surface area (TPSA) is 38.7 Å². The average molecular weight is 225 g/mol. The van der Waals surface area contributed by atoms with E-state index in [4.69, 9.17) is 0 Å². The molecule has 1 rings (SSSR count). The number of nitrogens with zero attached hydrogens (tertiary/aromatic N) is 3. The zero-order valence-electron chi connectivity index (χ0n) is 9.92. The normalized spacial score (nSPS) is 13.0. The zero-order chi connectivity index (χ0) is 11.0. The predicted octanol–water partition coefficient (Wildman–Crippen LogP) is 0.962. The molecule has 0 amide bonds. The van der Waals surface area contributed by atoms with Gasteiger partial charge in [0.2, 0.25) is 0 Å². The third-order valence-corrected chi connectivity index (χ3v) is 6.18. The smallest absolute Gasteiger partial charge is 0.104 e. The fourth-order valence-corrected chi connectivity index (χ4v) is 6.04. The van der Waals surface area contributed by atoms with Gasteiger partial charge in [0.25, 0.3) is 0 Å². The molecule has 0 N–H and O–H groups in total. The summed E-state index contributed by atoms with van der Waals surface area (Å²) in [6.45, 7) is 13.9. The van der Waals surface area contributed by atoms with Gasteiger partial charge >= 0.3 is 0 Å². The molecular formula is C9H19N3Si2. The van der Waals surface area contributed by atoms with Crippen LogP contribution in [0.4, 0.5) is 0 Å². The van der Waals surface area contributed by atoms with E-state index in [2.05, 4.69) is 54.7 Å². The number of rotatable bonds is 2. The van der Waals surface area contributed by atoms with Gasteiger partial charge in [0.1, 0.15) is 8.07 Å². The standard InChI is InChI=1S/C9H19N3Si2/c1-13(2,3)8-7-10-12-11-9(8)14(4,5)6/h7H,1-6H3. The summed E-state index contributed by atoms with van der Waals surface area (Å²) in [5.74, 6) is 0. The van der Waals surface area contributed by atoms with Crippen molar-refractivity contribution in [3.05, 3.63) is 6.20 Å². The monoisotopic (exact) mass is 225 g/mol. The van der Waals surface area contributed by atoms with Crippen molar-refractivity contribution in [2.45, 2.75) is 39.3 Å². The molecule has 0 spiro atoms. The van der Waals surface area contributed by atoms with Crippen molar-refractivity contribution in [1.29, 1.82) is 0 Å². The Morgan fingerprint density at radius 1 is 0.929 bits per heavy atom. The molecule has 0 radical (unpaired) electrons. The summed E-state index contributed by atoms with van der Waals surface area (Å²) < 4.78 is 0.